The number of hydrogen-bond donors (Lipinski definition) is 4. The van der Waals surface area contributed by atoms with E-state index in [0.717, 1.165) is 37.1 Å². The maximum atomic E-state index is 11.6. The smallest absolute Gasteiger partial charge is 0.248 e. The maximum absolute atomic E-state index is 11.6. The van der Waals surface area contributed by atoms with Gasteiger partial charge in [0, 0.05) is 42.8 Å². The van der Waals surface area contributed by atoms with Crippen LogP contribution in [0.1, 0.15) is 48.0 Å². The molecule has 1 amide bonds. The largest absolute Gasteiger partial charge is 0.366 e. The third kappa shape index (κ3) is 5.71. The molecule has 5 N–H and O–H groups in total. The van der Waals surface area contributed by atoms with Crippen LogP contribution >= 0.6 is 0 Å². The molecule has 0 aliphatic heterocycles. The summed E-state index contributed by atoms with van der Waals surface area (Å²) in [6, 6.07) is 5.64. The highest BCUT2D eigenvalue weighted by Gasteiger charge is 2.17. The molecule has 1 fully saturated rings. The Kier molecular flexibility index (Phi) is 6.78. The third-order valence-corrected chi connectivity index (χ3v) is 5.53. The van der Waals surface area contributed by atoms with Gasteiger partial charge < -0.3 is 26.3 Å². The fourth-order valence-electron chi connectivity index (χ4n) is 3.74. The number of nitrogens with one attached hydrogen (secondary N) is 3. The van der Waals surface area contributed by atoms with E-state index in [1.54, 1.807) is 24.7 Å². The number of benzene rings is 1. The second-order valence-electron chi connectivity index (χ2n) is 8.03. The number of primary amides is 1. The summed E-state index contributed by atoms with van der Waals surface area (Å²) in [6.45, 7) is 3.51. The molecular formula is C22H29N9O. The number of nitrogens with zero attached hydrogens (tertiary/aromatic N) is 5. The number of aromatic nitrogens is 5. The van der Waals surface area contributed by atoms with Crippen molar-refractivity contribution in [3.8, 4) is 0 Å². The second-order valence-corrected chi connectivity index (χ2v) is 8.03. The molecule has 1 aliphatic rings. The van der Waals surface area contributed by atoms with Crippen molar-refractivity contribution >= 4 is 29.4 Å². The minimum Gasteiger partial charge on any atom is -0.366 e. The van der Waals surface area contributed by atoms with Crippen molar-refractivity contribution in [3.05, 3.63) is 48.0 Å². The lowest BCUT2D eigenvalue weighted by molar-refractivity contribution is 0.100. The maximum Gasteiger partial charge on any atom is 0.248 e. The van der Waals surface area contributed by atoms with Gasteiger partial charge in [0.25, 0.3) is 0 Å². The van der Waals surface area contributed by atoms with Crippen molar-refractivity contribution in [1.29, 1.82) is 0 Å². The summed E-state index contributed by atoms with van der Waals surface area (Å²) in [6.07, 6.45) is 11.1. The molecule has 32 heavy (non-hydrogen) atoms. The first kappa shape index (κ1) is 21.5. The van der Waals surface area contributed by atoms with Gasteiger partial charge >= 0.3 is 0 Å². The van der Waals surface area contributed by atoms with E-state index in [-0.39, 0.29) is 0 Å². The molecule has 0 atom stereocenters. The van der Waals surface area contributed by atoms with Crippen molar-refractivity contribution in [2.45, 2.75) is 51.6 Å². The number of imidazole rings is 1. The van der Waals surface area contributed by atoms with Crippen LogP contribution in [0.4, 0.5) is 23.5 Å². The Morgan fingerprint density at radius 3 is 2.69 bits per heavy atom. The summed E-state index contributed by atoms with van der Waals surface area (Å²) >= 11 is 0. The Bertz CT molecular complexity index is 1050. The van der Waals surface area contributed by atoms with Crippen molar-refractivity contribution in [1.82, 2.24) is 24.5 Å². The number of aryl methyl sites for hydroxylation is 2. The van der Waals surface area contributed by atoms with E-state index in [2.05, 4.69) is 35.9 Å². The number of carbonyl (C=O) groups is 1. The average molecular weight is 436 g/mol. The van der Waals surface area contributed by atoms with E-state index >= 15 is 0 Å². The Morgan fingerprint density at radius 1 is 1.16 bits per heavy atom. The summed E-state index contributed by atoms with van der Waals surface area (Å²) in [4.78, 5) is 29.3. The molecule has 1 saturated carbocycles. The molecule has 0 radical (unpaired) electrons. The summed E-state index contributed by atoms with van der Waals surface area (Å²) in [5.74, 6) is 0.961. The molecule has 0 unspecified atom stereocenters. The van der Waals surface area contributed by atoms with Gasteiger partial charge in [-0.3, -0.25) is 4.79 Å². The van der Waals surface area contributed by atoms with Crippen molar-refractivity contribution < 1.29 is 4.79 Å². The molecule has 0 saturated heterocycles. The summed E-state index contributed by atoms with van der Waals surface area (Å²) in [7, 11) is 0. The van der Waals surface area contributed by atoms with E-state index in [1.807, 2.05) is 23.8 Å². The lowest BCUT2D eigenvalue weighted by Crippen LogP contribution is -2.19. The van der Waals surface area contributed by atoms with Crippen molar-refractivity contribution in [2.75, 3.05) is 22.5 Å². The van der Waals surface area contributed by atoms with Gasteiger partial charge in [0.05, 0.1) is 6.33 Å². The van der Waals surface area contributed by atoms with Crippen LogP contribution in [0.25, 0.3) is 0 Å². The predicted molar refractivity (Wildman–Crippen MR) is 124 cm³/mol. The van der Waals surface area contributed by atoms with E-state index in [9.17, 15) is 4.79 Å². The molecule has 0 bridgehead atoms. The van der Waals surface area contributed by atoms with E-state index in [0.29, 0.717) is 36.0 Å². The van der Waals surface area contributed by atoms with E-state index in [1.165, 1.54) is 12.8 Å². The number of anilines is 4. The number of nitrogens with two attached hydrogens (primary N) is 1. The zero-order chi connectivity index (χ0) is 22.3. The number of hydrogen-bond acceptors (Lipinski definition) is 8. The zero-order valence-corrected chi connectivity index (χ0v) is 18.2. The molecule has 1 aromatic carbocycles. The molecule has 0 spiro atoms. The summed E-state index contributed by atoms with van der Waals surface area (Å²) in [5.41, 5.74) is 7.54. The second kappa shape index (κ2) is 10.1. The van der Waals surface area contributed by atoms with E-state index in [4.69, 9.17) is 5.73 Å². The summed E-state index contributed by atoms with van der Waals surface area (Å²) in [5, 5.41) is 9.95. The fourth-order valence-corrected chi connectivity index (χ4v) is 3.74. The minimum absolute atomic E-state index is 0.374. The zero-order valence-electron chi connectivity index (χ0n) is 18.2. The van der Waals surface area contributed by atoms with Gasteiger partial charge in [-0.1, -0.05) is 18.9 Å². The SMILES string of the molecule is Cc1ccc(C(N)=O)cc1Nc1nc(NCCCn2ccnc2)nc(NC2CCCC2)n1. The van der Waals surface area contributed by atoms with Crippen molar-refractivity contribution in [3.63, 3.8) is 0 Å². The molecule has 10 nitrogen and oxygen atoms in total. The molecule has 168 valence electrons. The topological polar surface area (TPSA) is 136 Å². The number of carbonyl (C=O) groups excluding carboxylic acids is 1. The molecule has 3 aromatic rings. The monoisotopic (exact) mass is 435 g/mol. The van der Waals surface area contributed by atoms with Crippen molar-refractivity contribution in [2.24, 2.45) is 5.73 Å². The molecule has 1 aliphatic carbocycles. The lowest BCUT2D eigenvalue weighted by Gasteiger charge is -2.15. The highest BCUT2D eigenvalue weighted by Crippen LogP contribution is 2.24. The van der Waals surface area contributed by atoms with Crippen LogP contribution in [0.15, 0.2) is 36.9 Å². The number of rotatable bonds is 10. The molecule has 2 heterocycles. The highest BCUT2D eigenvalue weighted by atomic mass is 16.1. The lowest BCUT2D eigenvalue weighted by atomic mass is 10.1. The molecule has 10 heteroatoms. The van der Waals surface area contributed by atoms with E-state index < -0.39 is 5.91 Å². The predicted octanol–water partition coefficient (Wildman–Crippen LogP) is 3.08. The molecule has 2 aromatic heterocycles. The van der Waals surface area contributed by atoms with Gasteiger partial charge in [0.15, 0.2) is 0 Å². The fraction of sp³-hybridized carbons (Fsp3) is 0.409. The van der Waals surface area contributed by atoms with Crippen LogP contribution in [0.5, 0.6) is 0 Å². The van der Waals surface area contributed by atoms with Crippen LogP contribution < -0.4 is 21.7 Å². The van der Waals surface area contributed by atoms with Gasteiger partial charge in [-0.05, 0) is 43.9 Å². The van der Waals surface area contributed by atoms with Crippen LogP contribution in [0.2, 0.25) is 0 Å². The quantitative estimate of drug-likeness (QED) is 0.357. The van der Waals surface area contributed by atoms with Gasteiger partial charge in [-0.2, -0.15) is 15.0 Å². The first-order valence-electron chi connectivity index (χ1n) is 11.0. The Balaban J connectivity index is 1.50. The number of amides is 1. The third-order valence-electron chi connectivity index (χ3n) is 5.53. The Labute approximate surface area is 187 Å². The average Bonchev–Trinajstić information content (AvgIpc) is 3.47. The highest BCUT2D eigenvalue weighted by molar-refractivity contribution is 5.94. The minimum atomic E-state index is -0.479. The Morgan fingerprint density at radius 2 is 1.94 bits per heavy atom. The van der Waals surface area contributed by atoms with Gasteiger partial charge in [-0.25, -0.2) is 4.98 Å². The first-order chi connectivity index (χ1) is 15.6. The van der Waals surface area contributed by atoms with Crippen LogP contribution in [-0.4, -0.2) is 43.0 Å². The Hall–Kier alpha value is -3.69. The summed E-state index contributed by atoms with van der Waals surface area (Å²) < 4.78 is 2.03. The standard InChI is InChI=1S/C22H29N9O/c1-15-7-8-16(19(23)32)13-18(15)27-22-29-20(25-9-4-11-31-12-10-24-14-31)28-21(30-22)26-17-5-2-3-6-17/h7-8,10,12-14,17H,2-6,9,11H2,1H3,(H2,23,32)(H3,25,26,27,28,29,30). The van der Waals surface area contributed by atoms with Gasteiger partial charge in [0.1, 0.15) is 0 Å². The normalized spacial score (nSPS) is 13.8. The molecule has 4 rings (SSSR count). The first-order valence-corrected chi connectivity index (χ1v) is 11.0. The van der Waals surface area contributed by atoms with Gasteiger partial charge in [-0.15, -0.1) is 0 Å². The van der Waals surface area contributed by atoms with Gasteiger partial charge in [0.2, 0.25) is 23.8 Å². The van der Waals surface area contributed by atoms with Crippen LogP contribution in [0, 0.1) is 6.92 Å². The molecular weight excluding hydrogens is 406 g/mol. The van der Waals surface area contributed by atoms with Crippen LogP contribution in [0.3, 0.4) is 0 Å². The van der Waals surface area contributed by atoms with Crippen LogP contribution in [-0.2, 0) is 6.54 Å².